The van der Waals surface area contributed by atoms with Crippen molar-refractivity contribution in [3.8, 4) is 17.0 Å². The van der Waals surface area contributed by atoms with E-state index in [2.05, 4.69) is 4.98 Å². The summed E-state index contributed by atoms with van der Waals surface area (Å²) in [6.07, 6.45) is 0. The van der Waals surface area contributed by atoms with Crippen molar-refractivity contribution in [2.24, 2.45) is 0 Å². The molecule has 1 heterocycles. The summed E-state index contributed by atoms with van der Waals surface area (Å²) in [6.45, 7) is 1.97. The van der Waals surface area contributed by atoms with Crippen LogP contribution in [0.4, 0.5) is 0 Å². The van der Waals surface area contributed by atoms with Gasteiger partial charge in [-0.15, -0.1) is 0 Å². The Kier molecular flexibility index (Phi) is 3.79. The van der Waals surface area contributed by atoms with Crippen LogP contribution in [-0.4, -0.2) is 25.1 Å². The molecule has 118 valence electrons. The molecule has 1 N–H and O–H groups in total. The van der Waals surface area contributed by atoms with E-state index in [0.29, 0.717) is 22.2 Å². The summed E-state index contributed by atoms with van der Waals surface area (Å²) in [5.41, 5.74) is 2.35. The lowest BCUT2D eigenvalue weighted by Gasteiger charge is -2.09. The fourth-order valence-electron chi connectivity index (χ4n) is 2.39. The second-order valence-electron chi connectivity index (χ2n) is 5.24. The van der Waals surface area contributed by atoms with Crippen LogP contribution in [-0.2, 0) is 10.1 Å². The van der Waals surface area contributed by atoms with Crippen molar-refractivity contribution in [3.05, 3.63) is 54.1 Å². The van der Waals surface area contributed by atoms with Crippen LogP contribution in [0.15, 0.2) is 53.6 Å². The molecule has 0 radical (unpaired) electrons. The Morgan fingerprint density at radius 3 is 2.35 bits per heavy atom. The third kappa shape index (κ3) is 3.04. The number of hydrogen-bond donors (Lipinski definition) is 1. The molecule has 0 unspecified atom stereocenters. The van der Waals surface area contributed by atoms with Crippen molar-refractivity contribution in [2.45, 2.75) is 11.9 Å². The molecule has 0 aliphatic rings. The van der Waals surface area contributed by atoms with Crippen molar-refractivity contribution in [2.75, 3.05) is 7.11 Å². The second-order valence-corrected chi connectivity index (χ2v) is 6.58. The number of benzene rings is 2. The molecule has 0 saturated carbocycles. The summed E-state index contributed by atoms with van der Waals surface area (Å²) < 4.78 is 38.1. The average molecular weight is 329 g/mol. The number of nitrogens with zero attached hydrogens (tertiary/aromatic N) is 1. The van der Waals surface area contributed by atoms with E-state index < -0.39 is 10.1 Å². The molecule has 0 atom stereocenters. The monoisotopic (exact) mass is 329 g/mol. The number of rotatable bonds is 3. The molecule has 0 amide bonds. The van der Waals surface area contributed by atoms with Gasteiger partial charge >= 0.3 is 10.1 Å². The van der Waals surface area contributed by atoms with E-state index in [4.69, 9.17) is 4.74 Å². The van der Waals surface area contributed by atoms with Crippen LogP contribution in [0.1, 0.15) is 5.56 Å². The summed E-state index contributed by atoms with van der Waals surface area (Å²) in [5, 5.41) is 0.608. The lowest BCUT2D eigenvalue weighted by atomic mass is 10.1. The highest BCUT2D eigenvalue weighted by Gasteiger charge is 2.18. The molecule has 0 saturated heterocycles. The van der Waals surface area contributed by atoms with Crippen LogP contribution in [0.2, 0.25) is 0 Å². The van der Waals surface area contributed by atoms with Crippen LogP contribution in [0.3, 0.4) is 0 Å². The number of fused-ring (bicyclic) bond motifs is 1. The van der Waals surface area contributed by atoms with Gasteiger partial charge in [-0.25, -0.2) is 4.98 Å². The van der Waals surface area contributed by atoms with Crippen LogP contribution in [0.5, 0.6) is 5.75 Å². The Bertz CT molecular complexity index is 979. The van der Waals surface area contributed by atoms with Gasteiger partial charge in [-0.3, -0.25) is 4.55 Å². The molecule has 3 rings (SSSR count). The highest BCUT2D eigenvalue weighted by Crippen LogP contribution is 2.30. The van der Waals surface area contributed by atoms with E-state index >= 15 is 0 Å². The van der Waals surface area contributed by atoms with Crippen LogP contribution in [0.25, 0.3) is 22.0 Å². The first kappa shape index (κ1) is 15.5. The zero-order valence-corrected chi connectivity index (χ0v) is 13.5. The fourth-order valence-corrected chi connectivity index (χ4v) is 3.06. The van der Waals surface area contributed by atoms with Gasteiger partial charge in [0.05, 0.1) is 12.8 Å². The minimum Gasteiger partial charge on any atom is -0.497 e. The molecule has 0 spiro atoms. The Balaban J connectivity index is 2.32. The van der Waals surface area contributed by atoms with E-state index in [1.54, 1.807) is 24.3 Å². The van der Waals surface area contributed by atoms with E-state index in [0.717, 1.165) is 11.1 Å². The number of aryl methyl sites for hydroxylation is 1. The first-order valence-electron chi connectivity index (χ1n) is 6.92. The van der Waals surface area contributed by atoms with Gasteiger partial charge in [0.1, 0.15) is 5.75 Å². The summed E-state index contributed by atoms with van der Waals surface area (Å²) in [6, 6.07) is 14.4. The topological polar surface area (TPSA) is 76.5 Å². The van der Waals surface area contributed by atoms with Gasteiger partial charge in [0.25, 0.3) is 0 Å². The maximum Gasteiger partial charge on any atom is 0.312 e. The summed E-state index contributed by atoms with van der Waals surface area (Å²) in [7, 11) is -2.97. The normalized spacial score (nSPS) is 11.6. The molecule has 0 bridgehead atoms. The summed E-state index contributed by atoms with van der Waals surface area (Å²) >= 11 is 0. The molecule has 2 aromatic carbocycles. The van der Waals surface area contributed by atoms with Gasteiger partial charge in [-0.1, -0.05) is 35.9 Å². The first-order chi connectivity index (χ1) is 10.9. The molecular weight excluding hydrogens is 314 g/mol. The number of hydrogen-bond acceptors (Lipinski definition) is 4. The second kappa shape index (κ2) is 5.64. The lowest BCUT2D eigenvalue weighted by molar-refractivity contribution is 0.415. The van der Waals surface area contributed by atoms with Gasteiger partial charge in [-0.2, -0.15) is 8.42 Å². The average Bonchev–Trinajstić information content (AvgIpc) is 2.53. The zero-order valence-electron chi connectivity index (χ0n) is 12.6. The molecular formula is C17H15NO4S. The molecule has 3 aromatic rings. The van der Waals surface area contributed by atoms with Crippen LogP contribution < -0.4 is 4.74 Å². The maximum atomic E-state index is 11.7. The Morgan fingerprint density at radius 2 is 1.74 bits per heavy atom. The Morgan fingerprint density at radius 1 is 1.04 bits per heavy atom. The molecule has 23 heavy (non-hydrogen) atoms. The van der Waals surface area contributed by atoms with Gasteiger partial charge in [0, 0.05) is 10.9 Å². The van der Waals surface area contributed by atoms with Crippen molar-refractivity contribution in [1.82, 2.24) is 4.98 Å². The number of pyridine rings is 1. The van der Waals surface area contributed by atoms with Crippen molar-refractivity contribution in [3.63, 3.8) is 0 Å². The third-order valence-electron chi connectivity index (χ3n) is 3.60. The van der Waals surface area contributed by atoms with Gasteiger partial charge < -0.3 is 4.74 Å². The molecule has 0 aliphatic heterocycles. The Hall–Kier alpha value is -2.44. The highest BCUT2D eigenvalue weighted by atomic mass is 32.2. The first-order valence-corrected chi connectivity index (χ1v) is 8.36. The molecule has 0 aliphatic carbocycles. The van der Waals surface area contributed by atoms with E-state index in [1.165, 1.54) is 7.11 Å². The van der Waals surface area contributed by atoms with Gasteiger partial charge in [-0.05, 0) is 30.5 Å². The number of ether oxygens (including phenoxy) is 1. The molecule has 1 aromatic heterocycles. The van der Waals surface area contributed by atoms with E-state index in [-0.39, 0.29) is 5.03 Å². The van der Waals surface area contributed by atoms with Gasteiger partial charge in [0.2, 0.25) is 0 Å². The van der Waals surface area contributed by atoms with Crippen molar-refractivity contribution >= 4 is 20.9 Å². The SMILES string of the molecule is COc1ccc2cc(-c3ccc(C)cc3)nc(S(=O)(=O)O)c2c1. The van der Waals surface area contributed by atoms with Crippen molar-refractivity contribution in [1.29, 1.82) is 0 Å². The minimum atomic E-state index is -4.46. The standard InChI is InChI=1S/C17H15NO4S/c1-11-3-5-12(6-4-11)16-9-13-7-8-14(22-2)10-15(13)17(18-16)23(19,20)21/h3-10H,1-2H3,(H,19,20,21). The van der Waals surface area contributed by atoms with Gasteiger partial charge in [0.15, 0.2) is 5.03 Å². The minimum absolute atomic E-state index is 0.322. The zero-order chi connectivity index (χ0) is 16.6. The Labute approximate surface area is 134 Å². The predicted molar refractivity (Wildman–Crippen MR) is 88.3 cm³/mol. The largest absolute Gasteiger partial charge is 0.497 e. The maximum absolute atomic E-state index is 11.7. The lowest BCUT2D eigenvalue weighted by Crippen LogP contribution is -2.04. The summed E-state index contributed by atoms with van der Waals surface area (Å²) in [5.74, 6) is 0.493. The van der Waals surface area contributed by atoms with Crippen molar-refractivity contribution < 1.29 is 17.7 Å². The smallest absolute Gasteiger partial charge is 0.312 e. The number of aromatic nitrogens is 1. The van der Waals surface area contributed by atoms with E-state index in [9.17, 15) is 13.0 Å². The molecule has 5 nitrogen and oxygen atoms in total. The summed E-state index contributed by atoms with van der Waals surface area (Å²) in [4.78, 5) is 4.15. The fraction of sp³-hybridized carbons (Fsp3) is 0.118. The molecule has 6 heteroatoms. The third-order valence-corrected chi connectivity index (χ3v) is 4.40. The highest BCUT2D eigenvalue weighted by molar-refractivity contribution is 7.86. The molecule has 0 fully saturated rings. The quantitative estimate of drug-likeness (QED) is 0.745. The predicted octanol–water partition coefficient (Wildman–Crippen LogP) is 3.47. The van der Waals surface area contributed by atoms with Crippen LogP contribution in [0, 0.1) is 6.92 Å². The van der Waals surface area contributed by atoms with Crippen LogP contribution >= 0.6 is 0 Å². The van der Waals surface area contributed by atoms with E-state index in [1.807, 2.05) is 31.2 Å². The number of methoxy groups -OCH3 is 1.